The molecule has 4 heterocycles. The number of likely N-dealkylation sites (tertiary alicyclic amines) is 2. The molecule has 1 spiro atoms. The quantitative estimate of drug-likeness (QED) is 0.120. The molecule has 1 aromatic heterocycles. The molecule has 324 valence electrons. The highest BCUT2D eigenvalue weighted by Gasteiger charge is 2.55. The maximum Gasteiger partial charge on any atom is 0.407 e. The van der Waals surface area contributed by atoms with E-state index in [0.29, 0.717) is 25.1 Å². The fourth-order valence-electron chi connectivity index (χ4n) is 9.54. The number of carbonyl (C=O) groups is 4. The first-order valence-corrected chi connectivity index (χ1v) is 21.8. The molecule has 9 rings (SSSR count). The minimum absolute atomic E-state index is 0.106. The highest BCUT2D eigenvalue weighted by molar-refractivity contribution is 6.04. The molecule has 0 radical (unpaired) electrons. The third-order valence-electron chi connectivity index (χ3n) is 13.3. The number of H-pyrrole nitrogens is 1. The van der Waals surface area contributed by atoms with Crippen LogP contribution in [0.25, 0.3) is 38.7 Å². The molecule has 13 nitrogen and oxygen atoms in total. The van der Waals surface area contributed by atoms with Gasteiger partial charge in [0, 0.05) is 37.0 Å². The monoisotopic (exact) mass is 847 g/mol. The highest BCUT2D eigenvalue weighted by Crippen LogP contribution is 2.56. The van der Waals surface area contributed by atoms with E-state index in [-0.39, 0.29) is 35.2 Å². The number of benzene rings is 4. The largest absolute Gasteiger partial charge is 0.453 e. The van der Waals surface area contributed by atoms with Gasteiger partial charge in [0.15, 0.2) is 0 Å². The molecule has 3 fully saturated rings. The first-order valence-electron chi connectivity index (χ1n) is 21.8. The number of methoxy groups -OCH3 is 2. The number of ether oxygens (including phenoxy) is 2. The zero-order valence-corrected chi connectivity index (χ0v) is 36.1. The Bertz CT molecular complexity index is 2610. The van der Waals surface area contributed by atoms with E-state index in [1.54, 1.807) is 0 Å². The molecule has 0 unspecified atom stereocenters. The molecule has 3 aliphatic heterocycles. The van der Waals surface area contributed by atoms with Crippen molar-refractivity contribution >= 4 is 46.1 Å². The lowest BCUT2D eigenvalue weighted by atomic mass is 9.94. The van der Waals surface area contributed by atoms with Crippen LogP contribution in [0.4, 0.5) is 9.59 Å². The summed E-state index contributed by atoms with van der Waals surface area (Å²) in [6.07, 6.45) is 7.86. The van der Waals surface area contributed by atoms with E-state index in [0.717, 1.165) is 87.9 Å². The van der Waals surface area contributed by atoms with E-state index in [2.05, 4.69) is 76.3 Å². The van der Waals surface area contributed by atoms with Crippen LogP contribution in [0.1, 0.15) is 81.4 Å². The summed E-state index contributed by atoms with van der Waals surface area (Å²) in [4.78, 5) is 69.2. The van der Waals surface area contributed by atoms with Crippen LogP contribution >= 0.6 is 0 Å². The lowest BCUT2D eigenvalue weighted by Crippen LogP contribution is -2.51. The molecule has 63 heavy (non-hydrogen) atoms. The van der Waals surface area contributed by atoms with Gasteiger partial charge in [0.1, 0.15) is 17.9 Å². The first-order chi connectivity index (χ1) is 30.5. The van der Waals surface area contributed by atoms with Crippen molar-refractivity contribution in [2.45, 2.75) is 76.5 Å². The van der Waals surface area contributed by atoms with Gasteiger partial charge in [-0.25, -0.2) is 14.6 Å². The molecule has 0 bridgehead atoms. The van der Waals surface area contributed by atoms with Gasteiger partial charge >= 0.3 is 12.2 Å². The number of aliphatic imine (C=N–C) groups is 1. The second-order valence-corrected chi connectivity index (χ2v) is 17.7. The first kappa shape index (κ1) is 41.6. The molecular formula is C50H53N7O6. The van der Waals surface area contributed by atoms with Crippen LogP contribution in [-0.2, 0) is 19.1 Å². The Balaban J connectivity index is 0.859. The summed E-state index contributed by atoms with van der Waals surface area (Å²) in [5.41, 5.74) is 8.11. The summed E-state index contributed by atoms with van der Waals surface area (Å²) >= 11 is 0. The fraction of sp³-hybridized carbons (Fsp3) is 0.360. The maximum absolute atomic E-state index is 14.3. The van der Waals surface area contributed by atoms with E-state index >= 15 is 0 Å². The number of amides is 4. The number of hydrogen-bond donors (Lipinski definition) is 3. The van der Waals surface area contributed by atoms with E-state index in [1.165, 1.54) is 14.2 Å². The molecule has 2 saturated heterocycles. The Morgan fingerprint density at radius 1 is 0.778 bits per heavy atom. The summed E-state index contributed by atoms with van der Waals surface area (Å²) in [7, 11) is 2.60. The normalized spacial score (nSPS) is 19.8. The average Bonchev–Trinajstić information content (AvgIpc) is 3.85. The SMILES string of the molecule is COC(=O)N[C@H](C(=O)N1CCC[C@H]1c1ncc(-c2ccc3cc(-c4ccc(C5=CN=C([C@@H]6CC7(CC7)CN6C(=O)[C@H](NC(=O)OC)c6ccccc6)C5)cc4)ccc3c2)[nH]1)C(C)C. The molecule has 13 heteroatoms. The third kappa shape index (κ3) is 8.44. The van der Waals surface area contributed by atoms with Crippen molar-refractivity contribution in [3.05, 3.63) is 120 Å². The Kier molecular flexibility index (Phi) is 11.3. The summed E-state index contributed by atoms with van der Waals surface area (Å²) in [5.74, 6) is 0.349. The number of carbonyl (C=O) groups excluding carboxylic acids is 4. The van der Waals surface area contributed by atoms with Gasteiger partial charge in [-0.1, -0.05) is 92.7 Å². The van der Waals surface area contributed by atoms with Gasteiger partial charge in [0.25, 0.3) is 0 Å². The Morgan fingerprint density at radius 2 is 1.44 bits per heavy atom. The number of rotatable bonds is 11. The van der Waals surface area contributed by atoms with Crippen LogP contribution in [0.5, 0.6) is 0 Å². The number of fused-ring (bicyclic) bond motifs is 1. The van der Waals surface area contributed by atoms with Crippen LogP contribution in [0.3, 0.4) is 0 Å². The van der Waals surface area contributed by atoms with Crippen LogP contribution in [0.2, 0.25) is 0 Å². The standard InChI is InChI=1S/C50H53N7O6/c1-30(2)43(54-48(60)62-3)46(58)56-22-8-11-41(56)45-52-28-40(53-45)37-19-18-35-23-34(16-17-36(35)24-37)31-12-14-32(15-13-31)38-25-39(51-27-38)42-26-50(20-21-50)29-57(42)47(59)44(55-49(61)63-4)33-9-6-5-7-10-33/h5-7,9-10,12-19,23-24,27-28,30,41-44H,8,11,20-22,25-26,29H2,1-4H3,(H,52,53)(H,54,60)(H,55,61)/t41-,42-,43-,44+/m0/s1. The van der Waals surface area contributed by atoms with Crippen LogP contribution in [0, 0.1) is 11.3 Å². The van der Waals surface area contributed by atoms with Crippen molar-refractivity contribution in [2.24, 2.45) is 16.3 Å². The number of hydrogen-bond acceptors (Lipinski definition) is 8. The van der Waals surface area contributed by atoms with E-state index in [9.17, 15) is 19.2 Å². The second kappa shape index (κ2) is 17.2. The Labute approximate surface area is 367 Å². The number of nitrogens with zero attached hydrogens (tertiary/aromatic N) is 4. The van der Waals surface area contributed by atoms with Gasteiger partial charge in [-0.2, -0.15) is 0 Å². The average molecular weight is 848 g/mol. The van der Waals surface area contributed by atoms with Crippen molar-refractivity contribution in [2.75, 3.05) is 27.3 Å². The van der Waals surface area contributed by atoms with Crippen molar-refractivity contribution in [1.82, 2.24) is 30.4 Å². The molecule has 4 aromatic carbocycles. The summed E-state index contributed by atoms with van der Waals surface area (Å²) < 4.78 is 9.68. The van der Waals surface area contributed by atoms with Crippen molar-refractivity contribution in [3.8, 4) is 22.4 Å². The second-order valence-electron chi connectivity index (χ2n) is 17.7. The number of nitrogens with one attached hydrogen (secondary N) is 3. The zero-order chi connectivity index (χ0) is 43.8. The smallest absolute Gasteiger partial charge is 0.407 e. The number of imidazole rings is 1. The van der Waals surface area contributed by atoms with Gasteiger partial charge in [0.2, 0.25) is 11.8 Å². The van der Waals surface area contributed by atoms with Crippen LogP contribution < -0.4 is 10.6 Å². The highest BCUT2D eigenvalue weighted by atomic mass is 16.5. The Hall–Kier alpha value is -6.76. The van der Waals surface area contributed by atoms with Crippen molar-refractivity contribution < 1.29 is 28.7 Å². The van der Waals surface area contributed by atoms with Crippen LogP contribution in [0.15, 0.2) is 108 Å². The molecule has 5 aromatic rings. The van der Waals surface area contributed by atoms with E-state index in [4.69, 9.17) is 19.5 Å². The van der Waals surface area contributed by atoms with Gasteiger partial charge in [-0.3, -0.25) is 14.6 Å². The van der Waals surface area contributed by atoms with Crippen LogP contribution in [-0.4, -0.2) is 88.9 Å². The van der Waals surface area contributed by atoms with Gasteiger partial charge < -0.3 is 34.9 Å². The molecule has 3 N–H and O–H groups in total. The van der Waals surface area contributed by atoms with Gasteiger partial charge in [-0.15, -0.1) is 0 Å². The molecular weight excluding hydrogens is 795 g/mol. The minimum Gasteiger partial charge on any atom is -0.453 e. The zero-order valence-electron chi connectivity index (χ0n) is 36.1. The Morgan fingerprint density at radius 3 is 2.14 bits per heavy atom. The maximum atomic E-state index is 14.3. The summed E-state index contributed by atoms with van der Waals surface area (Å²) in [6, 6.07) is 28.9. The molecule has 4 amide bonds. The lowest BCUT2D eigenvalue weighted by Gasteiger charge is -2.30. The summed E-state index contributed by atoms with van der Waals surface area (Å²) in [6.45, 7) is 5.07. The number of aromatic amines is 1. The van der Waals surface area contributed by atoms with Crippen molar-refractivity contribution in [1.29, 1.82) is 0 Å². The van der Waals surface area contributed by atoms with Gasteiger partial charge in [-0.05, 0) is 94.2 Å². The van der Waals surface area contributed by atoms with Gasteiger partial charge in [0.05, 0.1) is 38.2 Å². The number of allylic oxidation sites excluding steroid dienone is 1. The molecule has 4 aliphatic rings. The van der Waals surface area contributed by atoms with E-state index < -0.39 is 24.3 Å². The number of aromatic nitrogens is 2. The predicted octanol–water partition coefficient (Wildman–Crippen LogP) is 8.61. The predicted molar refractivity (Wildman–Crippen MR) is 241 cm³/mol. The lowest BCUT2D eigenvalue weighted by molar-refractivity contribution is -0.135. The minimum atomic E-state index is -0.852. The molecule has 1 aliphatic carbocycles. The number of alkyl carbamates (subject to hydrolysis) is 2. The van der Waals surface area contributed by atoms with E-state index in [1.807, 2.05) is 66.4 Å². The third-order valence-corrected chi connectivity index (χ3v) is 13.3. The summed E-state index contributed by atoms with van der Waals surface area (Å²) in [5, 5.41) is 7.70. The molecule has 4 atom stereocenters. The fourth-order valence-corrected chi connectivity index (χ4v) is 9.54. The molecule has 1 saturated carbocycles. The van der Waals surface area contributed by atoms with Crippen molar-refractivity contribution in [3.63, 3.8) is 0 Å². The topological polar surface area (TPSA) is 158 Å².